The van der Waals surface area contributed by atoms with Crippen LogP contribution in [0.1, 0.15) is 59.8 Å². The van der Waals surface area contributed by atoms with E-state index in [1.165, 1.54) is 0 Å². The maximum atomic E-state index is 11.3. The van der Waals surface area contributed by atoms with Gasteiger partial charge in [0.1, 0.15) is 6.10 Å². The second-order valence-corrected chi connectivity index (χ2v) is 6.94. The van der Waals surface area contributed by atoms with Crippen molar-refractivity contribution in [1.29, 1.82) is 0 Å². The molecule has 0 aromatic heterocycles. The third-order valence-electron chi connectivity index (χ3n) is 4.57. The summed E-state index contributed by atoms with van der Waals surface area (Å²) in [5.41, 5.74) is 11.3. The van der Waals surface area contributed by atoms with Crippen LogP contribution in [-0.2, 0) is 9.53 Å². The molecule has 1 aliphatic rings. The fraction of sp³-hybridized carbons (Fsp3) is 0.933. The summed E-state index contributed by atoms with van der Waals surface area (Å²) in [6.07, 6.45) is 4.17. The van der Waals surface area contributed by atoms with Crippen molar-refractivity contribution in [3.8, 4) is 0 Å². The highest BCUT2D eigenvalue weighted by Crippen LogP contribution is 2.43. The highest BCUT2D eigenvalue weighted by Gasteiger charge is 2.40. The molecule has 0 heterocycles. The summed E-state index contributed by atoms with van der Waals surface area (Å²) in [7, 11) is 0. The zero-order valence-corrected chi connectivity index (χ0v) is 12.9. The van der Waals surface area contributed by atoms with Gasteiger partial charge in [0.15, 0.2) is 0 Å². The maximum absolute atomic E-state index is 11.3. The van der Waals surface area contributed by atoms with E-state index in [0.717, 1.165) is 25.7 Å². The summed E-state index contributed by atoms with van der Waals surface area (Å²) in [5, 5.41) is 0. The summed E-state index contributed by atoms with van der Waals surface area (Å²) < 4.78 is 6.00. The van der Waals surface area contributed by atoms with E-state index >= 15 is 0 Å². The number of rotatable bonds is 5. The highest BCUT2D eigenvalue weighted by atomic mass is 16.5. The van der Waals surface area contributed by atoms with Crippen LogP contribution in [0.25, 0.3) is 0 Å². The fourth-order valence-electron chi connectivity index (χ4n) is 3.02. The smallest absolute Gasteiger partial charge is 0.246 e. The Morgan fingerprint density at radius 1 is 1.37 bits per heavy atom. The molecule has 19 heavy (non-hydrogen) atoms. The first-order valence-electron chi connectivity index (χ1n) is 7.41. The lowest BCUT2D eigenvalue weighted by Gasteiger charge is -2.44. The average Bonchev–Trinajstić information content (AvgIpc) is 2.35. The minimum atomic E-state index is -0.505. The Hall–Kier alpha value is -0.610. The topological polar surface area (TPSA) is 78.3 Å². The zero-order valence-electron chi connectivity index (χ0n) is 12.9. The minimum Gasteiger partial charge on any atom is -0.367 e. The first-order valence-corrected chi connectivity index (χ1v) is 7.41. The van der Waals surface area contributed by atoms with Gasteiger partial charge in [-0.3, -0.25) is 4.79 Å². The largest absolute Gasteiger partial charge is 0.367 e. The zero-order chi connectivity index (χ0) is 14.7. The van der Waals surface area contributed by atoms with E-state index in [1.54, 1.807) is 0 Å². The molecule has 1 amide bonds. The van der Waals surface area contributed by atoms with E-state index < -0.39 is 6.10 Å². The van der Waals surface area contributed by atoms with Gasteiger partial charge in [-0.25, -0.2) is 0 Å². The molecule has 1 unspecified atom stereocenters. The van der Waals surface area contributed by atoms with Crippen LogP contribution in [0.15, 0.2) is 0 Å². The number of carbonyl (C=O) groups excluding carboxylic acids is 1. The van der Waals surface area contributed by atoms with Crippen molar-refractivity contribution in [2.24, 2.45) is 22.8 Å². The summed E-state index contributed by atoms with van der Waals surface area (Å²) in [6, 6.07) is 0. The Morgan fingerprint density at radius 3 is 2.21 bits per heavy atom. The SMILES string of the molecule is CCC(OC1(CN)CCC(C(C)(C)C)CC1)C(N)=O. The van der Waals surface area contributed by atoms with E-state index in [-0.39, 0.29) is 11.5 Å². The van der Waals surface area contributed by atoms with Crippen LogP contribution in [0.2, 0.25) is 0 Å². The summed E-state index contributed by atoms with van der Waals surface area (Å²) in [4.78, 5) is 11.3. The molecule has 4 N–H and O–H groups in total. The number of primary amides is 1. The summed E-state index contributed by atoms with van der Waals surface area (Å²) in [6.45, 7) is 9.23. The number of amides is 1. The Morgan fingerprint density at radius 2 is 1.89 bits per heavy atom. The minimum absolute atomic E-state index is 0.328. The molecule has 1 aliphatic carbocycles. The predicted octanol–water partition coefficient (Wildman–Crippen LogP) is 2.20. The van der Waals surface area contributed by atoms with Crippen LogP contribution < -0.4 is 11.5 Å². The van der Waals surface area contributed by atoms with Gasteiger partial charge >= 0.3 is 0 Å². The fourth-order valence-corrected chi connectivity index (χ4v) is 3.02. The first-order chi connectivity index (χ1) is 8.74. The summed E-state index contributed by atoms with van der Waals surface area (Å²) >= 11 is 0. The van der Waals surface area contributed by atoms with Crippen molar-refractivity contribution in [2.45, 2.75) is 71.5 Å². The van der Waals surface area contributed by atoms with Crippen molar-refractivity contribution in [2.75, 3.05) is 6.54 Å². The molecule has 0 bridgehead atoms. The molecule has 0 aliphatic heterocycles. The first kappa shape index (κ1) is 16.4. The Balaban J connectivity index is 2.67. The molecule has 4 nitrogen and oxygen atoms in total. The van der Waals surface area contributed by atoms with Crippen LogP contribution in [0.4, 0.5) is 0 Å². The molecule has 0 spiro atoms. The third kappa shape index (κ3) is 4.18. The maximum Gasteiger partial charge on any atom is 0.246 e. The summed E-state index contributed by atoms with van der Waals surface area (Å²) in [5.74, 6) is 0.317. The van der Waals surface area contributed by atoms with Gasteiger partial charge in [-0.15, -0.1) is 0 Å². The van der Waals surface area contributed by atoms with Crippen molar-refractivity contribution in [3.05, 3.63) is 0 Å². The van der Waals surface area contributed by atoms with Crippen molar-refractivity contribution in [3.63, 3.8) is 0 Å². The molecule has 1 rings (SSSR count). The third-order valence-corrected chi connectivity index (χ3v) is 4.57. The molecule has 0 saturated heterocycles. The molecular formula is C15H30N2O2. The van der Waals surface area contributed by atoms with Gasteiger partial charge in [-0.1, -0.05) is 27.7 Å². The van der Waals surface area contributed by atoms with Gasteiger partial charge in [0.05, 0.1) is 5.60 Å². The Kier molecular flexibility index (Phi) is 5.39. The second kappa shape index (κ2) is 6.23. The number of ether oxygens (including phenoxy) is 1. The molecule has 1 fully saturated rings. The molecular weight excluding hydrogens is 240 g/mol. The lowest BCUT2D eigenvalue weighted by atomic mass is 9.68. The second-order valence-electron chi connectivity index (χ2n) is 6.94. The number of nitrogens with two attached hydrogens (primary N) is 2. The van der Waals surface area contributed by atoms with Gasteiger partial charge in [0.2, 0.25) is 5.91 Å². The van der Waals surface area contributed by atoms with E-state index in [4.69, 9.17) is 16.2 Å². The van der Waals surface area contributed by atoms with Crippen molar-refractivity contribution >= 4 is 5.91 Å². The molecule has 0 radical (unpaired) electrons. The lowest BCUT2D eigenvalue weighted by Crippen LogP contribution is -2.49. The molecule has 0 aromatic carbocycles. The quantitative estimate of drug-likeness (QED) is 0.804. The van der Waals surface area contributed by atoms with E-state index in [0.29, 0.717) is 24.3 Å². The van der Waals surface area contributed by atoms with Gasteiger partial charge in [0.25, 0.3) is 0 Å². The van der Waals surface area contributed by atoms with Crippen LogP contribution in [0.3, 0.4) is 0 Å². The van der Waals surface area contributed by atoms with E-state index in [9.17, 15) is 4.79 Å². The van der Waals surface area contributed by atoms with Gasteiger partial charge < -0.3 is 16.2 Å². The van der Waals surface area contributed by atoms with E-state index in [1.807, 2.05) is 6.92 Å². The van der Waals surface area contributed by atoms with Crippen LogP contribution in [0, 0.1) is 11.3 Å². The number of hydrogen-bond donors (Lipinski definition) is 2. The number of carbonyl (C=O) groups is 1. The van der Waals surface area contributed by atoms with Gasteiger partial charge in [-0.2, -0.15) is 0 Å². The molecule has 1 atom stereocenters. The highest BCUT2D eigenvalue weighted by molar-refractivity contribution is 5.78. The van der Waals surface area contributed by atoms with E-state index in [2.05, 4.69) is 20.8 Å². The van der Waals surface area contributed by atoms with Crippen LogP contribution in [-0.4, -0.2) is 24.2 Å². The van der Waals surface area contributed by atoms with Gasteiger partial charge in [-0.05, 0) is 43.4 Å². The predicted molar refractivity (Wildman–Crippen MR) is 77.6 cm³/mol. The monoisotopic (exact) mass is 270 g/mol. The molecule has 0 aromatic rings. The Labute approximate surface area is 117 Å². The van der Waals surface area contributed by atoms with Crippen molar-refractivity contribution in [1.82, 2.24) is 0 Å². The van der Waals surface area contributed by atoms with Crippen LogP contribution in [0.5, 0.6) is 0 Å². The average molecular weight is 270 g/mol. The Bertz CT molecular complexity index is 302. The molecule has 1 saturated carbocycles. The molecule has 112 valence electrons. The van der Waals surface area contributed by atoms with Crippen molar-refractivity contribution < 1.29 is 9.53 Å². The van der Waals surface area contributed by atoms with Gasteiger partial charge in [0, 0.05) is 6.54 Å². The normalized spacial score (nSPS) is 30.1. The molecule has 4 heteroatoms. The number of hydrogen-bond acceptors (Lipinski definition) is 3. The lowest BCUT2D eigenvalue weighted by molar-refractivity contribution is -0.152. The van der Waals surface area contributed by atoms with Crippen LogP contribution >= 0.6 is 0 Å². The standard InChI is InChI=1S/C15H30N2O2/c1-5-12(13(17)18)19-15(10-16)8-6-11(7-9-15)14(2,3)4/h11-12H,5-10,16H2,1-4H3,(H2,17,18).